The maximum Gasteiger partial charge on any atom is 0.216 e. The number of aromatic nitrogens is 3. The van der Waals surface area contributed by atoms with Crippen LogP contribution in [-0.4, -0.2) is 14.8 Å². The molecule has 0 N–H and O–H groups in total. The molecule has 0 amide bonds. The van der Waals surface area contributed by atoms with Gasteiger partial charge in [-0.15, -0.1) is 5.10 Å². The molecule has 11 heavy (non-hydrogen) atoms. The SMILES string of the molecule is Cn1cnc(-c2ccco2)n1. The van der Waals surface area contributed by atoms with E-state index in [1.807, 2.05) is 19.2 Å². The maximum absolute atomic E-state index is 5.09. The highest BCUT2D eigenvalue weighted by Crippen LogP contribution is 2.12. The van der Waals surface area contributed by atoms with Crippen LogP contribution in [0, 0.1) is 0 Å². The van der Waals surface area contributed by atoms with Crippen molar-refractivity contribution in [2.45, 2.75) is 0 Å². The van der Waals surface area contributed by atoms with Crippen LogP contribution in [0.3, 0.4) is 0 Å². The molecule has 4 nitrogen and oxygen atoms in total. The molecule has 0 radical (unpaired) electrons. The molecule has 0 fully saturated rings. The molecule has 0 saturated heterocycles. The molecule has 0 aliphatic rings. The zero-order chi connectivity index (χ0) is 7.68. The summed E-state index contributed by atoms with van der Waals surface area (Å²) in [6.07, 6.45) is 3.24. The first kappa shape index (κ1) is 6.15. The van der Waals surface area contributed by atoms with Gasteiger partial charge in [-0.25, -0.2) is 4.98 Å². The van der Waals surface area contributed by atoms with E-state index in [9.17, 15) is 0 Å². The number of furan rings is 1. The average molecular weight is 149 g/mol. The molecular formula is C7H7N3O. The Morgan fingerprint density at radius 2 is 2.45 bits per heavy atom. The summed E-state index contributed by atoms with van der Waals surface area (Å²) in [4.78, 5) is 4.02. The van der Waals surface area contributed by atoms with Gasteiger partial charge in [-0.05, 0) is 12.1 Å². The van der Waals surface area contributed by atoms with Gasteiger partial charge in [-0.2, -0.15) is 0 Å². The predicted molar refractivity (Wildman–Crippen MR) is 38.7 cm³/mol. The minimum absolute atomic E-state index is 0.623. The van der Waals surface area contributed by atoms with Crippen LogP contribution in [-0.2, 0) is 7.05 Å². The molecule has 0 saturated carbocycles. The van der Waals surface area contributed by atoms with Crippen LogP contribution in [0.15, 0.2) is 29.1 Å². The van der Waals surface area contributed by atoms with Crippen LogP contribution in [0.2, 0.25) is 0 Å². The molecule has 0 spiro atoms. The molecular weight excluding hydrogens is 142 g/mol. The second-order valence-electron chi connectivity index (χ2n) is 2.22. The van der Waals surface area contributed by atoms with Gasteiger partial charge in [0.05, 0.1) is 6.26 Å². The lowest BCUT2D eigenvalue weighted by Crippen LogP contribution is -1.86. The Balaban J connectivity index is 2.45. The zero-order valence-electron chi connectivity index (χ0n) is 6.06. The van der Waals surface area contributed by atoms with Crippen molar-refractivity contribution < 1.29 is 4.42 Å². The fourth-order valence-electron chi connectivity index (χ4n) is 0.858. The van der Waals surface area contributed by atoms with Gasteiger partial charge in [0.25, 0.3) is 0 Å². The molecule has 0 aliphatic heterocycles. The minimum atomic E-state index is 0.623. The molecule has 0 aromatic carbocycles. The highest BCUT2D eigenvalue weighted by atomic mass is 16.3. The first-order valence-corrected chi connectivity index (χ1v) is 3.26. The Bertz CT molecular complexity index is 336. The number of nitrogens with zero attached hydrogens (tertiary/aromatic N) is 3. The van der Waals surface area contributed by atoms with Crippen LogP contribution in [0.4, 0.5) is 0 Å². The summed E-state index contributed by atoms with van der Waals surface area (Å²) >= 11 is 0. The van der Waals surface area contributed by atoms with Gasteiger partial charge in [-0.1, -0.05) is 0 Å². The molecule has 2 aromatic heterocycles. The van der Waals surface area contributed by atoms with Crippen LogP contribution < -0.4 is 0 Å². The Hall–Kier alpha value is -1.58. The first-order valence-electron chi connectivity index (χ1n) is 3.26. The van der Waals surface area contributed by atoms with Crippen molar-refractivity contribution in [1.82, 2.24) is 14.8 Å². The molecule has 2 rings (SSSR count). The number of hydrogen-bond acceptors (Lipinski definition) is 3. The van der Waals surface area contributed by atoms with Crippen molar-refractivity contribution in [3.05, 3.63) is 24.7 Å². The Labute approximate surface area is 63.5 Å². The summed E-state index contributed by atoms with van der Waals surface area (Å²) in [7, 11) is 1.82. The zero-order valence-corrected chi connectivity index (χ0v) is 6.06. The van der Waals surface area contributed by atoms with Crippen molar-refractivity contribution in [2.24, 2.45) is 7.05 Å². The quantitative estimate of drug-likeness (QED) is 0.609. The highest BCUT2D eigenvalue weighted by Gasteiger charge is 2.03. The largest absolute Gasteiger partial charge is 0.461 e. The lowest BCUT2D eigenvalue weighted by atomic mass is 10.4. The molecule has 0 bridgehead atoms. The fraction of sp³-hybridized carbons (Fsp3) is 0.143. The smallest absolute Gasteiger partial charge is 0.216 e. The van der Waals surface area contributed by atoms with Gasteiger partial charge in [0, 0.05) is 7.05 Å². The van der Waals surface area contributed by atoms with E-state index < -0.39 is 0 Å². The van der Waals surface area contributed by atoms with Gasteiger partial charge in [-0.3, -0.25) is 4.68 Å². The van der Waals surface area contributed by atoms with E-state index in [-0.39, 0.29) is 0 Å². The third-order valence-electron chi connectivity index (χ3n) is 1.34. The van der Waals surface area contributed by atoms with Gasteiger partial charge in [0.1, 0.15) is 6.33 Å². The molecule has 2 heterocycles. The lowest BCUT2D eigenvalue weighted by molar-refractivity contribution is 0.576. The summed E-state index contributed by atoms with van der Waals surface area (Å²) in [5.41, 5.74) is 0. The van der Waals surface area contributed by atoms with Crippen molar-refractivity contribution in [3.63, 3.8) is 0 Å². The molecule has 0 unspecified atom stereocenters. The van der Waals surface area contributed by atoms with E-state index in [1.54, 1.807) is 17.3 Å². The minimum Gasteiger partial charge on any atom is -0.461 e. The second kappa shape index (κ2) is 2.23. The molecule has 4 heteroatoms. The normalized spacial score (nSPS) is 10.3. The van der Waals surface area contributed by atoms with Crippen molar-refractivity contribution in [2.75, 3.05) is 0 Å². The van der Waals surface area contributed by atoms with E-state index in [1.165, 1.54) is 0 Å². The summed E-state index contributed by atoms with van der Waals surface area (Å²) in [6, 6.07) is 3.64. The third kappa shape index (κ3) is 1.02. The van der Waals surface area contributed by atoms with Crippen molar-refractivity contribution in [1.29, 1.82) is 0 Å². The Kier molecular flexibility index (Phi) is 1.25. The summed E-state index contributed by atoms with van der Waals surface area (Å²) in [5, 5.41) is 4.06. The lowest BCUT2D eigenvalue weighted by Gasteiger charge is -1.84. The van der Waals surface area contributed by atoms with E-state index in [2.05, 4.69) is 10.1 Å². The Morgan fingerprint density at radius 3 is 3.00 bits per heavy atom. The molecule has 2 aromatic rings. The molecule has 0 atom stereocenters. The van der Waals surface area contributed by atoms with E-state index >= 15 is 0 Å². The fourth-order valence-corrected chi connectivity index (χ4v) is 0.858. The van der Waals surface area contributed by atoms with Crippen LogP contribution in [0.5, 0.6) is 0 Å². The van der Waals surface area contributed by atoms with Gasteiger partial charge in [0.2, 0.25) is 5.82 Å². The van der Waals surface area contributed by atoms with Gasteiger partial charge >= 0.3 is 0 Å². The van der Waals surface area contributed by atoms with E-state index in [0.717, 1.165) is 0 Å². The number of hydrogen-bond donors (Lipinski definition) is 0. The van der Waals surface area contributed by atoms with Crippen LogP contribution >= 0.6 is 0 Å². The summed E-state index contributed by atoms with van der Waals surface area (Å²) in [6.45, 7) is 0. The molecule has 0 aliphatic carbocycles. The second-order valence-corrected chi connectivity index (χ2v) is 2.22. The third-order valence-corrected chi connectivity index (χ3v) is 1.34. The summed E-state index contributed by atoms with van der Waals surface area (Å²) < 4.78 is 6.73. The Morgan fingerprint density at radius 1 is 1.55 bits per heavy atom. The predicted octanol–water partition coefficient (Wildman–Crippen LogP) is 1.08. The summed E-state index contributed by atoms with van der Waals surface area (Å²) in [5.74, 6) is 1.32. The van der Waals surface area contributed by atoms with Crippen LogP contribution in [0.25, 0.3) is 11.6 Å². The molecule has 56 valence electrons. The van der Waals surface area contributed by atoms with E-state index in [0.29, 0.717) is 11.6 Å². The standard InChI is InChI=1S/C7H7N3O/c1-10-5-8-7(9-10)6-3-2-4-11-6/h2-5H,1H3. The first-order chi connectivity index (χ1) is 5.36. The average Bonchev–Trinajstić information content (AvgIpc) is 2.55. The van der Waals surface area contributed by atoms with Crippen molar-refractivity contribution >= 4 is 0 Å². The number of aryl methyl sites for hydroxylation is 1. The number of rotatable bonds is 1. The highest BCUT2D eigenvalue weighted by molar-refractivity contribution is 5.44. The maximum atomic E-state index is 5.09. The van der Waals surface area contributed by atoms with E-state index in [4.69, 9.17) is 4.42 Å². The van der Waals surface area contributed by atoms with Gasteiger partial charge < -0.3 is 4.42 Å². The topological polar surface area (TPSA) is 43.9 Å². The van der Waals surface area contributed by atoms with Crippen molar-refractivity contribution in [3.8, 4) is 11.6 Å². The monoisotopic (exact) mass is 149 g/mol. The van der Waals surface area contributed by atoms with Crippen LogP contribution in [0.1, 0.15) is 0 Å². The van der Waals surface area contributed by atoms with Gasteiger partial charge in [0.15, 0.2) is 5.76 Å².